The molecule has 1 unspecified atom stereocenters. The van der Waals surface area contributed by atoms with Gasteiger partial charge in [0.2, 0.25) is 6.10 Å². The Kier molecular flexibility index (Phi) is 3.86. The van der Waals surface area contributed by atoms with E-state index in [2.05, 4.69) is 9.73 Å². The summed E-state index contributed by atoms with van der Waals surface area (Å²) in [6.07, 6.45) is -8.17. The van der Waals surface area contributed by atoms with Gasteiger partial charge in [0.25, 0.3) is 11.7 Å². The number of hydrogen-bond donors (Lipinski definition) is 1. The lowest BCUT2D eigenvalue weighted by atomic mass is 9.74. The largest absolute Gasteiger partial charge is 0.452 e. The van der Waals surface area contributed by atoms with Crippen molar-refractivity contribution in [3.8, 4) is 0 Å². The third-order valence-corrected chi connectivity index (χ3v) is 4.46. The Balaban J connectivity index is 2.23. The van der Waals surface area contributed by atoms with E-state index in [-0.39, 0.29) is 5.56 Å². The first-order valence-electron chi connectivity index (χ1n) is 7.21. The maximum absolute atomic E-state index is 14.4. The molecule has 1 aromatic rings. The van der Waals surface area contributed by atoms with Crippen molar-refractivity contribution in [1.82, 2.24) is 0 Å². The molecule has 0 amide bonds. The molecular weight excluding hydrogens is 350 g/mol. The molecule has 4 atom stereocenters. The number of alkyl halides is 3. The summed E-state index contributed by atoms with van der Waals surface area (Å²) in [4.78, 5) is 14.1. The normalized spacial score (nSPS) is 31.9. The Morgan fingerprint density at radius 1 is 1.44 bits per heavy atom. The number of amidine groups is 1. The van der Waals surface area contributed by atoms with Crippen LogP contribution in [0.1, 0.15) is 12.5 Å². The van der Waals surface area contributed by atoms with Crippen molar-refractivity contribution in [3.05, 3.63) is 39.7 Å². The Hall–Kier alpha value is -2.43. The number of aliphatic imine (C=N–C) groups is 1. The highest BCUT2D eigenvalue weighted by Crippen LogP contribution is 2.51. The predicted octanol–water partition coefficient (Wildman–Crippen LogP) is 2.24. The minimum Gasteiger partial charge on any atom is -0.452 e. The number of nitrogens with two attached hydrogens (primary N) is 1. The van der Waals surface area contributed by atoms with E-state index in [4.69, 9.17) is 10.5 Å². The molecular formula is C14H13F4N3O4. The van der Waals surface area contributed by atoms with Gasteiger partial charge in [-0.3, -0.25) is 10.1 Å². The first kappa shape index (κ1) is 17.4. The van der Waals surface area contributed by atoms with E-state index < -0.39 is 58.9 Å². The van der Waals surface area contributed by atoms with Crippen LogP contribution in [0.5, 0.6) is 0 Å². The molecule has 0 aromatic heterocycles. The number of non-ortho nitro benzene ring substituents is 1. The monoisotopic (exact) mass is 363 g/mol. The van der Waals surface area contributed by atoms with Crippen LogP contribution >= 0.6 is 0 Å². The van der Waals surface area contributed by atoms with Gasteiger partial charge in [0.1, 0.15) is 11.4 Å². The van der Waals surface area contributed by atoms with Gasteiger partial charge in [-0.25, -0.2) is 9.38 Å². The van der Waals surface area contributed by atoms with E-state index in [9.17, 15) is 27.7 Å². The van der Waals surface area contributed by atoms with Crippen molar-refractivity contribution in [2.45, 2.75) is 30.8 Å². The molecule has 1 aromatic carbocycles. The van der Waals surface area contributed by atoms with E-state index in [1.54, 1.807) is 0 Å². The highest BCUT2D eigenvalue weighted by molar-refractivity contribution is 5.73. The second-order valence-electron chi connectivity index (χ2n) is 5.92. The van der Waals surface area contributed by atoms with Gasteiger partial charge in [0.05, 0.1) is 23.6 Å². The standard InChI is InChI=1S/C14H13F4N3O4/c1-6-10-11(14(16,17)18)25-12(19)20-13(10,5-24-6)8-4-7(21(22)23)2-3-9(8)15/h2-4,6,10-11H,5H2,1H3,(H2,19,20)/t6-,10+,11+,13?/m1/s1. The van der Waals surface area contributed by atoms with Crippen LogP contribution in [-0.4, -0.2) is 35.9 Å². The van der Waals surface area contributed by atoms with E-state index in [0.29, 0.717) is 0 Å². The van der Waals surface area contributed by atoms with Gasteiger partial charge >= 0.3 is 6.18 Å². The number of hydrogen-bond acceptors (Lipinski definition) is 6. The number of halogens is 4. The molecule has 7 nitrogen and oxygen atoms in total. The van der Waals surface area contributed by atoms with Crippen LogP contribution in [0.4, 0.5) is 23.2 Å². The topological polar surface area (TPSA) is 100.0 Å². The summed E-state index contributed by atoms with van der Waals surface area (Å²) >= 11 is 0. The molecule has 25 heavy (non-hydrogen) atoms. The molecule has 2 heterocycles. The van der Waals surface area contributed by atoms with Crippen LogP contribution in [-0.2, 0) is 15.0 Å². The molecule has 3 rings (SSSR count). The van der Waals surface area contributed by atoms with Crippen LogP contribution in [0.15, 0.2) is 23.2 Å². The average molecular weight is 363 g/mol. The second-order valence-corrected chi connectivity index (χ2v) is 5.92. The lowest BCUT2D eigenvalue weighted by Gasteiger charge is -2.41. The van der Waals surface area contributed by atoms with E-state index in [0.717, 1.165) is 18.2 Å². The van der Waals surface area contributed by atoms with Crippen molar-refractivity contribution in [1.29, 1.82) is 0 Å². The minimum absolute atomic E-state index is 0.378. The zero-order valence-corrected chi connectivity index (χ0v) is 12.8. The molecule has 0 spiro atoms. The number of benzene rings is 1. The van der Waals surface area contributed by atoms with Crippen molar-refractivity contribution < 1.29 is 32.0 Å². The number of nitrogens with zero attached hydrogens (tertiary/aromatic N) is 2. The molecule has 0 bridgehead atoms. The minimum atomic E-state index is -4.81. The molecule has 0 aliphatic carbocycles. The molecule has 11 heteroatoms. The van der Waals surface area contributed by atoms with Crippen LogP contribution in [0.25, 0.3) is 0 Å². The Morgan fingerprint density at radius 2 is 2.12 bits per heavy atom. The van der Waals surface area contributed by atoms with Crippen molar-refractivity contribution >= 4 is 11.7 Å². The smallest absolute Gasteiger partial charge is 0.426 e. The van der Waals surface area contributed by atoms with Gasteiger partial charge in [0.15, 0.2) is 0 Å². The molecule has 1 fully saturated rings. The third kappa shape index (κ3) is 2.68. The average Bonchev–Trinajstić information content (AvgIpc) is 2.83. The molecule has 2 aliphatic heterocycles. The first-order chi connectivity index (χ1) is 11.6. The maximum atomic E-state index is 14.4. The van der Waals surface area contributed by atoms with Crippen LogP contribution in [0.2, 0.25) is 0 Å². The maximum Gasteiger partial charge on any atom is 0.426 e. The zero-order chi connectivity index (χ0) is 18.6. The quantitative estimate of drug-likeness (QED) is 0.493. The number of nitro groups is 1. The summed E-state index contributed by atoms with van der Waals surface area (Å²) in [5.74, 6) is -2.39. The fraction of sp³-hybridized carbons (Fsp3) is 0.500. The van der Waals surface area contributed by atoms with E-state index in [1.165, 1.54) is 6.92 Å². The Labute approximate surface area is 138 Å². The summed E-state index contributed by atoms with van der Waals surface area (Å²) in [5, 5.41) is 11.0. The second kappa shape index (κ2) is 5.55. The SMILES string of the molecule is C[C@H]1OCC2(c3cc([N+](=O)[O-])ccc3F)N=C(N)O[C@H](C(F)(F)F)[C@H]12. The van der Waals surface area contributed by atoms with Gasteiger partial charge in [-0.2, -0.15) is 13.2 Å². The molecule has 1 saturated heterocycles. The van der Waals surface area contributed by atoms with Crippen LogP contribution in [0, 0.1) is 21.8 Å². The number of fused-ring (bicyclic) bond motifs is 1. The molecule has 0 radical (unpaired) electrons. The summed E-state index contributed by atoms with van der Waals surface area (Å²) in [6.45, 7) is 0.967. The van der Waals surface area contributed by atoms with E-state index in [1.807, 2.05) is 0 Å². The zero-order valence-electron chi connectivity index (χ0n) is 12.8. The number of rotatable bonds is 2. The van der Waals surface area contributed by atoms with Crippen molar-refractivity contribution in [2.75, 3.05) is 6.61 Å². The highest BCUT2D eigenvalue weighted by Gasteiger charge is 2.64. The Morgan fingerprint density at radius 3 is 2.72 bits per heavy atom. The van der Waals surface area contributed by atoms with Crippen molar-refractivity contribution in [2.24, 2.45) is 16.6 Å². The molecule has 2 N–H and O–H groups in total. The van der Waals surface area contributed by atoms with Gasteiger partial charge < -0.3 is 15.2 Å². The Bertz CT molecular complexity index is 754. The van der Waals surface area contributed by atoms with Crippen molar-refractivity contribution in [3.63, 3.8) is 0 Å². The lowest BCUT2D eigenvalue weighted by Crippen LogP contribution is -2.55. The van der Waals surface area contributed by atoms with Crippen LogP contribution < -0.4 is 5.73 Å². The summed E-state index contributed by atoms with van der Waals surface area (Å²) in [6, 6.07) is 1.81. The highest BCUT2D eigenvalue weighted by atomic mass is 19.4. The van der Waals surface area contributed by atoms with Gasteiger partial charge in [-0.05, 0) is 13.0 Å². The number of nitro benzene ring substituents is 1. The first-order valence-corrected chi connectivity index (χ1v) is 7.21. The molecule has 2 aliphatic rings. The fourth-order valence-electron chi connectivity index (χ4n) is 3.42. The summed E-state index contributed by atoms with van der Waals surface area (Å²) < 4.78 is 64.7. The van der Waals surface area contributed by atoms with Gasteiger partial charge in [0, 0.05) is 17.7 Å². The summed E-state index contributed by atoms with van der Waals surface area (Å²) in [7, 11) is 0. The number of ether oxygens (including phenoxy) is 2. The lowest BCUT2D eigenvalue weighted by molar-refractivity contribution is -0.385. The summed E-state index contributed by atoms with van der Waals surface area (Å²) in [5.41, 5.74) is 2.69. The predicted molar refractivity (Wildman–Crippen MR) is 76.2 cm³/mol. The van der Waals surface area contributed by atoms with Gasteiger partial charge in [-0.15, -0.1) is 0 Å². The third-order valence-electron chi connectivity index (χ3n) is 4.46. The molecule has 0 saturated carbocycles. The molecule has 136 valence electrons. The van der Waals surface area contributed by atoms with Crippen LogP contribution in [0.3, 0.4) is 0 Å². The fourth-order valence-corrected chi connectivity index (χ4v) is 3.42. The van der Waals surface area contributed by atoms with Gasteiger partial charge in [-0.1, -0.05) is 0 Å². The van der Waals surface area contributed by atoms with E-state index >= 15 is 0 Å².